The summed E-state index contributed by atoms with van der Waals surface area (Å²) >= 11 is 1.24. The number of thioether (sulfide) groups is 1. The number of aryl methyl sites for hydroxylation is 1. The molecule has 1 amide bonds. The zero-order valence-electron chi connectivity index (χ0n) is 16.9. The average molecular weight is 459 g/mol. The molecule has 0 N–H and O–H groups in total. The summed E-state index contributed by atoms with van der Waals surface area (Å²) in [5.74, 6) is -2.03. The Balaban J connectivity index is 1.41. The van der Waals surface area contributed by atoms with E-state index >= 15 is 0 Å². The van der Waals surface area contributed by atoms with Crippen molar-refractivity contribution in [1.82, 2.24) is 9.88 Å². The topological polar surface area (TPSA) is 142 Å². The largest absolute Gasteiger partial charge is 0.456 e. The van der Waals surface area contributed by atoms with E-state index < -0.39 is 40.2 Å². The van der Waals surface area contributed by atoms with Gasteiger partial charge in [-0.1, -0.05) is 0 Å². The maximum atomic E-state index is 12.9. The Bertz CT molecular complexity index is 1130. The van der Waals surface area contributed by atoms with Crippen LogP contribution in [0.25, 0.3) is 0 Å². The van der Waals surface area contributed by atoms with Crippen LogP contribution < -0.4 is 0 Å². The van der Waals surface area contributed by atoms with Gasteiger partial charge in [-0.05, 0) is 17.7 Å². The van der Waals surface area contributed by atoms with Crippen LogP contribution in [0, 0.1) is 23.0 Å². The lowest BCUT2D eigenvalue weighted by Crippen LogP contribution is -2.59. The number of esters is 2. The van der Waals surface area contributed by atoms with Gasteiger partial charge in [-0.25, -0.2) is 9.78 Å². The minimum atomic E-state index is -0.935. The molecular weight excluding hydrogens is 442 g/mol. The van der Waals surface area contributed by atoms with Crippen LogP contribution in [0.4, 0.5) is 5.69 Å². The van der Waals surface area contributed by atoms with E-state index in [0.717, 1.165) is 0 Å². The fourth-order valence-corrected chi connectivity index (χ4v) is 4.69. The lowest BCUT2D eigenvalue weighted by Gasteiger charge is -2.44. The highest BCUT2D eigenvalue weighted by atomic mass is 32.2. The van der Waals surface area contributed by atoms with E-state index in [1.54, 1.807) is 6.92 Å². The summed E-state index contributed by atoms with van der Waals surface area (Å²) in [7, 11) is 0. The SMILES string of the molecule is CC(=O)OC(c1coc(C)n1)C1C(=O)N2C(C(=O)OCc3ccc([N+](=O)[O-])cc3)=CS[C@@H]12. The predicted octanol–water partition coefficient (Wildman–Crippen LogP) is 2.61. The molecule has 1 aromatic heterocycles. The zero-order chi connectivity index (χ0) is 23.0. The van der Waals surface area contributed by atoms with Crippen LogP contribution in [0.1, 0.15) is 30.2 Å². The number of benzene rings is 1. The van der Waals surface area contributed by atoms with Crippen LogP contribution in [0.15, 0.2) is 46.1 Å². The van der Waals surface area contributed by atoms with Gasteiger partial charge < -0.3 is 13.9 Å². The van der Waals surface area contributed by atoms with Gasteiger partial charge in [0.25, 0.3) is 5.69 Å². The minimum absolute atomic E-state index is 0.0697. The third-order valence-electron chi connectivity index (χ3n) is 4.94. The number of aromatic nitrogens is 1. The Hall–Kier alpha value is -3.67. The van der Waals surface area contributed by atoms with E-state index in [2.05, 4.69) is 4.98 Å². The summed E-state index contributed by atoms with van der Waals surface area (Å²) in [6, 6.07) is 5.60. The Kier molecular flexibility index (Phi) is 5.70. The number of non-ortho nitro benzene ring substituents is 1. The van der Waals surface area contributed by atoms with Crippen LogP contribution >= 0.6 is 11.8 Å². The van der Waals surface area contributed by atoms with Crippen molar-refractivity contribution in [3.05, 3.63) is 68.9 Å². The van der Waals surface area contributed by atoms with Crippen molar-refractivity contribution in [2.75, 3.05) is 0 Å². The van der Waals surface area contributed by atoms with Crippen LogP contribution in [-0.2, 0) is 30.5 Å². The molecule has 2 aliphatic heterocycles. The Morgan fingerprint density at radius 1 is 1.34 bits per heavy atom. The molecule has 4 rings (SSSR count). The number of rotatable bonds is 7. The summed E-state index contributed by atoms with van der Waals surface area (Å²) in [5.41, 5.74) is 0.905. The number of nitro groups is 1. The maximum absolute atomic E-state index is 12.9. The predicted molar refractivity (Wildman–Crippen MR) is 108 cm³/mol. The molecule has 32 heavy (non-hydrogen) atoms. The molecule has 3 heterocycles. The van der Waals surface area contributed by atoms with E-state index in [1.165, 1.54) is 59.5 Å². The van der Waals surface area contributed by atoms with Gasteiger partial charge in [0.05, 0.1) is 4.92 Å². The Labute approximate surface area is 185 Å². The second-order valence-corrected chi connectivity index (χ2v) is 8.08. The van der Waals surface area contributed by atoms with E-state index in [4.69, 9.17) is 13.9 Å². The summed E-state index contributed by atoms with van der Waals surface area (Å²) in [5, 5.41) is 11.8. The van der Waals surface area contributed by atoms with Gasteiger partial charge in [0, 0.05) is 31.4 Å². The van der Waals surface area contributed by atoms with E-state index in [9.17, 15) is 24.5 Å². The maximum Gasteiger partial charge on any atom is 0.355 e. The number of hydrogen-bond acceptors (Lipinski definition) is 10. The van der Waals surface area contributed by atoms with Crippen LogP contribution in [0.3, 0.4) is 0 Å². The van der Waals surface area contributed by atoms with Gasteiger partial charge in [0.2, 0.25) is 5.91 Å². The molecule has 0 bridgehead atoms. The number of carbonyl (C=O) groups excluding carboxylic acids is 3. The van der Waals surface area contributed by atoms with E-state index in [1.807, 2.05) is 0 Å². The molecule has 2 unspecified atom stereocenters. The lowest BCUT2D eigenvalue weighted by atomic mass is 9.89. The molecule has 3 atom stereocenters. The van der Waals surface area contributed by atoms with Crippen molar-refractivity contribution in [3.8, 4) is 0 Å². The Morgan fingerprint density at radius 3 is 2.66 bits per heavy atom. The van der Waals surface area contributed by atoms with Gasteiger partial charge in [0.15, 0.2) is 12.0 Å². The van der Waals surface area contributed by atoms with Crippen LogP contribution in [-0.4, -0.2) is 38.0 Å². The van der Waals surface area contributed by atoms with Gasteiger partial charge in [-0.15, -0.1) is 11.8 Å². The third-order valence-corrected chi connectivity index (χ3v) is 6.08. The average Bonchev–Trinajstić information content (AvgIpc) is 3.35. The molecule has 1 saturated heterocycles. The molecule has 0 saturated carbocycles. The summed E-state index contributed by atoms with van der Waals surface area (Å²) in [4.78, 5) is 52.7. The molecular formula is C20H17N3O8S. The Morgan fingerprint density at radius 2 is 2.06 bits per heavy atom. The number of β-lactam (4-membered cyclic amide) rings is 1. The molecule has 1 fully saturated rings. The first-order valence-corrected chi connectivity index (χ1v) is 10.4. The summed E-state index contributed by atoms with van der Waals surface area (Å²) in [6.07, 6.45) is 0.403. The molecule has 2 aromatic rings. The van der Waals surface area contributed by atoms with E-state index in [-0.39, 0.29) is 18.0 Å². The van der Waals surface area contributed by atoms with Crippen molar-refractivity contribution in [2.24, 2.45) is 5.92 Å². The third kappa shape index (κ3) is 3.96. The van der Waals surface area contributed by atoms with Crippen molar-refractivity contribution >= 4 is 35.3 Å². The normalized spacial score (nSPS) is 20.1. The van der Waals surface area contributed by atoms with Gasteiger partial charge in [0.1, 0.15) is 35.6 Å². The first-order chi connectivity index (χ1) is 15.3. The fraction of sp³-hybridized carbons (Fsp3) is 0.300. The second-order valence-electron chi connectivity index (χ2n) is 7.08. The number of amides is 1. The minimum Gasteiger partial charge on any atom is -0.456 e. The van der Waals surface area contributed by atoms with Gasteiger partial charge >= 0.3 is 11.9 Å². The number of carbonyl (C=O) groups is 3. The van der Waals surface area contributed by atoms with Crippen LogP contribution in [0.2, 0.25) is 0 Å². The lowest BCUT2D eigenvalue weighted by molar-refractivity contribution is -0.384. The highest BCUT2D eigenvalue weighted by Gasteiger charge is 2.58. The number of ether oxygens (including phenoxy) is 2. The van der Waals surface area contributed by atoms with E-state index in [0.29, 0.717) is 17.1 Å². The molecule has 0 spiro atoms. The smallest absolute Gasteiger partial charge is 0.355 e. The molecule has 12 heteroatoms. The van der Waals surface area contributed by atoms with Crippen molar-refractivity contribution in [3.63, 3.8) is 0 Å². The summed E-state index contributed by atoms with van der Waals surface area (Å²) < 4.78 is 15.8. The zero-order valence-corrected chi connectivity index (χ0v) is 17.7. The van der Waals surface area contributed by atoms with Gasteiger partial charge in [-0.2, -0.15) is 0 Å². The van der Waals surface area contributed by atoms with Crippen molar-refractivity contribution in [1.29, 1.82) is 0 Å². The number of oxazole rings is 1. The molecule has 2 aliphatic rings. The molecule has 0 aliphatic carbocycles. The number of nitro benzene ring substituents is 1. The van der Waals surface area contributed by atoms with Crippen molar-refractivity contribution < 1.29 is 33.2 Å². The van der Waals surface area contributed by atoms with Crippen LogP contribution in [0.5, 0.6) is 0 Å². The standard InChI is InChI=1S/C20H17N3O8S/c1-10-21-14(8-29-10)17(31-11(2)24)16-18(25)22-15(9-32-19(16)22)20(26)30-7-12-3-5-13(6-4-12)23(27)28/h3-6,8-9,16-17,19H,7H2,1-2H3/t16?,17?,19-/m0/s1. The number of hydrogen-bond donors (Lipinski definition) is 0. The van der Waals surface area contributed by atoms with Gasteiger partial charge in [-0.3, -0.25) is 24.6 Å². The first-order valence-electron chi connectivity index (χ1n) is 9.44. The molecule has 0 radical (unpaired) electrons. The first kappa shape index (κ1) is 21.6. The monoisotopic (exact) mass is 459 g/mol. The number of fused-ring (bicyclic) bond motifs is 1. The highest BCUT2D eigenvalue weighted by Crippen LogP contribution is 2.50. The summed E-state index contributed by atoms with van der Waals surface area (Å²) in [6.45, 7) is 2.76. The molecule has 11 nitrogen and oxygen atoms in total. The van der Waals surface area contributed by atoms with Crippen molar-refractivity contribution in [2.45, 2.75) is 31.9 Å². The quantitative estimate of drug-likeness (QED) is 0.262. The molecule has 166 valence electrons. The second kappa shape index (κ2) is 8.46. The number of nitrogens with zero attached hydrogens (tertiary/aromatic N) is 3. The molecule has 1 aromatic carbocycles. The fourth-order valence-electron chi connectivity index (χ4n) is 3.45. The highest BCUT2D eigenvalue weighted by molar-refractivity contribution is 8.03.